The van der Waals surface area contributed by atoms with Crippen LogP contribution in [0.4, 0.5) is 5.69 Å². The van der Waals surface area contributed by atoms with Crippen LogP contribution in [0.3, 0.4) is 0 Å². The largest absolute Gasteiger partial charge is 0.322 e. The smallest absolute Gasteiger partial charge is 0.255 e. The Hall–Kier alpha value is -3.06. The summed E-state index contributed by atoms with van der Waals surface area (Å²) >= 11 is 1.51. The van der Waals surface area contributed by atoms with Crippen molar-refractivity contribution in [3.63, 3.8) is 0 Å². The van der Waals surface area contributed by atoms with Crippen molar-refractivity contribution in [2.45, 2.75) is 26.7 Å². The number of fused-ring (bicyclic) bond motifs is 1. The highest BCUT2D eigenvalue weighted by molar-refractivity contribution is 7.19. The van der Waals surface area contributed by atoms with E-state index in [9.17, 15) is 4.79 Å². The van der Waals surface area contributed by atoms with Gasteiger partial charge in [0.05, 0.1) is 0 Å². The summed E-state index contributed by atoms with van der Waals surface area (Å²) in [4.78, 5) is 13.2. The van der Waals surface area contributed by atoms with Gasteiger partial charge in [0.2, 0.25) is 4.96 Å². The molecule has 0 unspecified atom stereocenters. The van der Waals surface area contributed by atoms with Gasteiger partial charge in [-0.25, -0.2) is 0 Å². The third-order valence-electron chi connectivity index (χ3n) is 4.31. The van der Waals surface area contributed by atoms with Crippen molar-refractivity contribution in [1.29, 1.82) is 0 Å². The van der Waals surface area contributed by atoms with Gasteiger partial charge in [0, 0.05) is 23.2 Å². The lowest BCUT2D eigenvalue weighted by Crippen LogP contribution is -2.13. The summed E-state index contributed by atoms with van der Waals surface area (Å²) < 4.78 is 1.82. The first kappa shape index (κ1) is 17.4. The fourth-order valence-corrected chi connectivity index (χ4v) is 3.74. The van der Waals surface area contributed by atoms with E-state index in [1.54, 1.807) is 0 Å². The van der Waals surface area contributed by atoms with E-state index in [2.05, 4.69) is 27.5 Å². The molecule has 0 atom stereocenters. The van der Waals surface area contributed by atoms with E-state index in [0.29, 0.717) is 5.56 Å². The molecule has 0 bridgehead atoms. The van der Waals surface area contributed by atoms with Crippen molar-refractivity contribution in [3.8, 4) is 10.6 Å². The summed E-state index contributed by atoms with van der Waals surface area (Å²) in [6.45, 7) is 4.04. The van der Waals surface area contributed by atoms with Gasteiger partial charge in [-0.05, 0) is 49.2 Å². The van der Waals surface area contributed by atoms with Crippen molar-refractivity contribution >= 4 is 27.9 Å². The molecule has 1 N–H and O–H groups in total. The number of rotatable bonds is 5. The summed E-state index contributed by atoms with van der Waals surface area (Å²) in [7, 11) is 0. The number of benzene rings is 2. The number of nitrogens with zero attached hydrogens (tertiary/aromatic N) is 4. The van der Waals surface area contributed by atoms with E-state index >= 15 is 0 Å². The molecule has 2 aromatic heterocycles. The number of amides is 1. The van der Waals surface area contributed by atoms with Gasteiger partial charge in [-0.15, -0.1) is 10.2 Å². The lowest BCUT2D eigenvalue weighted by Gasteiger charge is -2.08. The molecule has 7 heteroatoms. The number of hydrogen-bond donors (Lipinski definition) is 1. The molecule has 2 aromatic carbocycles. The van der Waals surface area contributed by atoms with E-state index < -0.39 is 0 Å². The molecule has 0 aliphatic heterocycles. The van der Waals surface area contributed by atoms with Crippen LogP contribution >= 0.6 is 11.3 Å². The van der Waals surface area contributed by atoms with Gasteiger partial charge in [-0.2, -0.15) is 9.61 Å². The Labute approximate surface area is 160 Å². The van der Waals surface area contributed by atoms with E-state index in [1.807, 2.05) is 60.0 Å². The Morgan fingerprint density at radius 3 is 2.63 bits per heavy atom. The second-order valence-corrected chi connectivity index (χ2v) is 7.27. The van der Waals surface area contributed by atoms with Crippen molar-refractivity contribution in [1.82, 2.24) is 19.8 Å². The third kappa shape index (κ3) is 3.46. The summed E-state index contributed by atoms with van der Waals surface area (Å²) in [6, 6.07) is 15.2. The van der Waals surface area contributed by atoms with E-state index in [1.165, 1.54) is 11.3 Å². The SMILES string of the molecule is CCCc1nnc2sc(-c3ccc(NC(=O)c4ccccc4C)cc3)nn12. The highest BCUT2D eigenvalue weighted by Crippen LogP contribution is 2.27. The third-order valence-corrected chi connectivity index (χ3v) is 5.26. The van der Waals surface area contributed by atoms with E-state index in [4.69, 9.17) is 0 Å². The minimum atomic E-state index is -0.108. The maximum absolute atomic E-state index is 12.4. The molecule has 4 rings (SSSR count). The molecule has 0 saturated heterocycles. The number of hydrogen-bond acceptors (Lipinski definition) is 5. The van der Waals surface area contributed by atoms with Gasteiger partial charge < -0.3 is 5.32 Å². The molecule has 4 aromatic rings. The lowest BCUT2D eigenvalue weighted by molar-refractivity contribution is 0.102. The van der Waals surface area contributed by atoms with Crippen LogP contribution in [0.1, 0.15) is 35.1 Å². The average molecular weight is 377 g/mol. The summed E-state index contributed by atoms with van der Waals surface area (Å²) in [5, 5.41) is 16.8. The number of carbonyl (C=O) groups excluding carboxylic acids is 1. The lowest BCUT2D eigenvalue weighted by atomic mass is 10.1. The van der Waals surface area contributed by atoms with Crippen molar-refractivity contribution in [2.24, 2.45) is 0 Å². The van der Waals surface area contributed by atoms with Gasteiger partial charge >= 0.3 is 0 Å². The Balaban J connectivity index is 1.54. The highest BCUT2D eigenvalue weighted by atomic mass is 32.1. The van der Waals surface area contributed by atoms with Crippen molar-refractivity contribution in [3.05, 3.63) is 65.5 Å². The van der Waals surface area contributed by atoms with Crippen molar-refractivity contribution in [2.75, 3.05) is 5.32 Å². The quantitative estimate of drug-likeness (QED) is 0.561. The monoisotopic (exact) mass is 377 g/mol. The summed E-state index contributed by atoms with van der Waals surface area (Å²) in [5.74, 6) is 0.779. The standard InChI is InChI=1S/C20H19N5OS/c1-3-6-17-22-23-20-25(17)24-19(27-20)14-9-11-15(12-10-14)21-18(26)16-8-5-4-7-13(16)2/h4-5,7-12H,3,6H2,1-2H3,(H,21,26). The normalized spacial score (nSPS) is 11.0. The van der Waals surface area contributed by atoms with Gasteiger partial charge in [-0.1, -0.05) is 36.5 Å². The predicted octanol–water partition coefficient (Wildman–Crippen LogP) is 4.37. The number of anilines is 1. The molecule has 2 heterocycles. The Kier molecular flexibility index (Phi) is 4.68. The van der Waals surface area contributed by atoms with Crippen LogP contribution in [0.5, 0.6) is 0 Å². The molecule has 27 heavy (non-hydrogen) atoms. The number of aromatic nitrogens is 4. The molecule has 0 fully saturated rings. The van der Waals surface area contributed by atoms with Crippen LogP contribution in [-0.4, -0.2) is 25.7 Å². The summed E-state index contributed by atoms with van der Waals surface area (Å²) in [5.41, 5.74) is 3.37. The fraction of sp³-hybridized carbons (Fsp3) is 0.200. The molecule has 0 aliphatic carbocycles. The topological polar surface area (TPSA) is 72.2 Å². The van der Waals surface area contributed by atoms with Gasteiger partial charge in [0.1, 0.15) is 5.01 Å². The van der Waals surface area contributed by atoms with Crippen LogP contribution in [0.25, 0.3) is 15.5 Å². The van der Waals surface area contributed by atoms with Crippen LogP contribution < -0.4 is 5.32 Å². The number of aryl methyl sites for hydroxylation is 2. The molecule has 0 spiro atoms. The second kappa shape index (κ2) is 7.28. The predicted molar refractivity (Wildman–Crippen MR) is 107 cm³/mol. The van der Waals surface area contributed by atoms with Crippen LogP contribution in [0.15, 0.2) is 48.5 Å². The Bertz CT molecular complexity index is 1100. The zero-order valence-electron chi connectivity index (χ0n) is 15.1. The van der Waals surface area contributed by atoms with Crippen LogP contribution in [0.2, 0.25) is 0 Å². The highest BCUT2D eigenvalue weighted by Gasteiger charge is 2.13. The Morgan fingerprint density at radius 2 is 1.89 bits per heavy atom. The minimum absolute atomic E-state index is 0.108. The summed E-state index contributed by atoms with van der Waals surface area (Å²) in [6.07, 6.45) is 1.86. The molecule has 136 valence electrons. The molecular formula is C20H19N5OS. The molecule has 0 radical (unpaired) electrons. The maximum Gasteiger partial charge on any atom is 0.255 e. The van der Waals surface area contributed by atoms with Gasteiger partial charge in [0.15, 0.2) is 5.82 Å². The van der Waals surface area contributed by atoms with Crippen LogP contribution in [-0.2, 0) is 6.42 Å². The zero-order chi connectivity index (χ0) is 18.8. The number of carbonyl (C=O) groups is 1. The van der Waals surface area contributed by atoms with Gasteiger partial charge in [-0.3, -0.25) is 4.79 Å². The second-order valence-electron chi connectivity index (χ2n) is 6.31. The van der Waals surface area contributed by atoms with Gasteiger partial charge in [0.25, 0.3) is 5.91 Å². The Morgan fingerprint density at radius 1 is 1.11 bits per heavy atom. The van der Waals surface area contributed by atoms with Crippen molar-refractivity contribution < 1.29 is 4.79 Å². The average Bonchev–Trinajstić information content (AvgIpc) is 3.25. The first-order valence-electron chi connectivity index (χ1n) is 8.84. The fourth-order valence-electron chi connectivity index (χ4n) is 2.88. The maximum atomic E-state index is 12.4. The van der Waals surface area contributed by atoms with E-state index in [-0.39, 0.29) is 5.91 Å². The van der Waals surface area contributed by atoms with E-state index in [0.717, 1.165) is 45.4 Å². The molecule has 0 aliphatic rings. The minimum Gasteiger partial charge on any atom is -0.322 e. The number of nitrogens with one attached hydrogen (secondary N) is 1. The zero-order valence-corrected chi connectivity index (χ0v) is 16.0. The van der Waals surface area contributed by atoms with Crippen LogP contribution in [0, 0.1) is 6.92 Å². The molecule has 0 saturated carbocycles. The molecular weight excluding hydrogens is 358 g/mol. The first-order chi connectivity index (χ1) is 13.2. The molecule has 6 nitrogen and oxygen atoms in total. The first-order valence-corrected chi connectivity index (χ1v) is 9.66. The molecule has 1 amide bonds.